The van der Waals surface area contributed by atoms with Gasteiger partial charge in [-0.3, -0.25) is 0 Å². The Bertz CT molecular complexity index is 1190. The van der Waals surface area contributed by atoms with Crippen molar-refractivity contribution in [2.24, 2.45) is 0 Å². The van der Waals surface area contributed by atoms with Crippen LogP contribution in [0.5, 0.6) is 5.75 Å². The molecule has 4 aromatic carbocycles. The van der Waals surface area contributed by atoms with E-state index >= 15 is 0 Å². The van der Waals surface area contributed by atoms with Gasteiger partial charge in [-0.15, -0.1) is 0 Å². The van der Waals surface area contributed by atoms with Crippen LogP contribution >= 0.6 is 0 Å². The van der Waals surface area contributed by atoms with Gasteiger partial charge in [0, 0.05) is 5.39 Å². The van der Waals surface area contributed by atoms with E-state index in [9.17, 15) is 4.79 Å². The Labute approximate surface area is 191 Å². The summed E-state index contributed by atoms with van der Waals surface area (Å²) in [5.74, 6) is 0.204. The van der Waals surface area contributed by atoms with Crippen molar-refractivity contribution in [1.29, 1.82) is 0 Å². The van der Waals surface area contributed by atoms with Crippen molar-refractivity contribution in [3.05, 3.63) is 102 Å². The number of hydrogen-bond donors (Lipinski definition) is 0. The number of hydrogen-bond acceptors (Lipinski definition) is 3. The third-order valence-corrected chi connectivity index (χ3v) is 8.13. The summed E-state index contributed by atoms with van der Waals surface area (Å²) in [4.78, 5) is 12.7. The number of carbonyl (C=O) groups is 1. The van der Waals surface area contributed by atoms with E-state index in [1.165, 1.54) is 12.7 Å². The third-order valence-electron chi connectivity index (χ3n) is 5.68. The molecule has 0 radical (unpaired) electrons. The molecular weight excluding hydrogens is 412 g/mol. The monoisotopic (exact) mass is 440 g/mol. The molecule has 162 valence electrons. The van der Waals surface area contributed by atoms with Gasteiger partial charge in [-0.1, -0.05) is 106 Å². The summed E-state index contributed by atoms with van der Waals surface area (Å²) >= 11 is 0. The highest BCUT2D eigenvalue weighted by atomic mass is 28.3. The summed E-state index contributed by atoms with van der Waals surface area (Å²) in [6.07, 6.45) is 0. The van der Waals surface area contributed by atoms with Crippen LogP contribution in [0.2, 0.25) is 0 Å². The first-order chi connectivity index (χ1) is 15.4. The van der Waals surface area contributed by atoms with Crippen molar-refractivity contribution in [1.82, 2.24) is 0 Å². The lowest BCUT2D eigenvalue weighted by molar-refractivity contribution is 0.0599. The molecule has 0 aromatic heterocycles. The maximum Gasteiger partial charge on any atom is 0.341 e. The molecule has 0 spiro atoms. The molecule has 0 bridgehead atoms. The first-order valence-corrected chi connectivity index (χ1v) is 12.4. The Balaban J connectivity index is 1.90. The largest absolute Gasteiger partial charge is 0.536 e. The molecule has 0 aliphatic heterocycles. The minimum atomic E-state index is -2.12. The summed E-state index contributed by atoms with van der Waals surface area (Å²) in [5.41, 5.74) is 1.72. The zero-order valence-electron chi connectivity index (χ0n) is 19.0. The van der Waals surface area contributed by atoms with Crippen molar-refractivity contribution in [2.45, 2.75) is 26.2 Å². The van der Waals surface area contributed by atoms with E-state index in [1.54, 1.807) is 0 Å². The van der Waals surface area contributed by atoms with E-state index in [2.05, 4.69) is 63.2 Å². The van der Waals surface area contributed by atoms with Crippen LogP contribution in [0.3, 0.4) is 0 Å². The lowest BCUT2D eigenvalue weighted by Crippen LogP contribution is -2.47. The highest BCUT2D eigenvalue weighted by molar-refractivity contribution is 6.80. The maximum absolute atomic E-state index is 12.7. The van der Waals surface area contributed by atoms with E-state index in [0.717, 1.165) is 21.1 Å². The number of fused-ring (bicyclic) bond motifs is 1. The molecule has 4 aromatic rings. The molecule has 0 aliphatic rings. The van der Waals surface area contributed by atoms with Crippen LogP contribution in [0, 0.1) is 0 Å². The molecule has 0 aliphatic carbocycles. The quantitative estimate of drug-likeness (QED) is 0.329. The summed E-state index contributed by atoms with van der Waals surface area (Å²) in [5, 5.41) is 4.27. The molecule has 4 heteroatoms. The van der Waals surface area contributed by atoms with Crippen molar-refractivity contribution in [3.63, 3.8) is 0 Å². The van der Waals surface area contributed by atoms with Gasteiger partial charge in [0.1, 0.15) is 11.3 Å². The van der Waals surface area contributed by atoms with Crippen LogP contribution in [0.25, 0.3) is 10.8 Å². The molecule has 4 rings (SSSR count). The van der Waals surface area contributed by atoms with Gasteiger partial charge >= 0.3 is 5.97 Å². The number of carbonyl (C=O) groups excluding carboxylic acids is 1. The molecule has 0 saturated carbocycles. The Kier molecular flexibility index (Phi) is 6.15. The Morgan fingerprint density at radius 3 is 1.91 bits per heavy atom. The highest BCUT2D eigenvalue weighted by Crippen LogP contribution is 2.34. The van der Waals surface area contributed by atoms with Gasteiger partial charge in [-0.05, 0) is 32.8 Å². The SMILES string of the molecule is COC(=O)c1ccc2cc(C(C)(C)C)ccc2c1O[SiH](c1ccccc1)c1ccccc1. The second-order valence-electron chi connectivity index (χ2n) is 8.94. The Morgan fingerprint density at radius 1 is 0.781 bits per heavy atom. The predicted molar refractivity (Wildman–Crippen MR) is 134 cm³/mol. The second kappa shape index (κ2) is 9.01. The second-order valence-corrected chi connectivity index (χ2v) is 11.3. The van der Waals surface area contributed by atoms with Crippen molar-refractivity contribution < 1.29 is 14.0 Å². The number of rotatable bonds is 5. The molecule has 0 heterocycles. The molecule has 3 nitrogen and oxygen atoms in total. The Hall–Kier alpha value is -3.37. The molecule has 32 heavy (non-hydrogen) atoms. The highest BCUT2D eigenvalue weighted by Gasteiger charge is 2.25. The standard InChI is InChI=1S/C28H28O3Si/c1-28(2,3)21-16-18-24-20(19-21)15-17-25(27(29)30-4)26(24)31-32(22-11-7-5-8-12-22)23-13-9-6-10-14-23/h5-19,32H,1-4H3. The fraction of sp³-hybridized carbons (Fsp3) is 0.179. The molecule has 0 unspecified atom stereocenters. The molecule has 0 amide bonds. The number of esters is 1. The number of benzene rings is 4. The third kappa shape index (κ3) is 4.46. The fourth-order valence-corrected chi connectivity index (χ4v) is 6.16. The smallest absolute Gasteiger partial charge is 0.341 e. The van der Waals surface area contributed by atoms with Crippen LogP contribution in [0.15, 0.2) is 91.0 Å². The van der Waals surface area contributed by atoms with Crippen molar-refractivity contribution >= 4 is 36.2 Å². The van der Waals surface area contributed by atoms with Gasteiger partial charge in [-0.2, -0.15) is 0 Å². The van der Waals surface area contributed by atoms with Gasteiger partial charge in [0.15, 0.2) is 0 Å². The average Bonchev–Trinajstić information content (AvgIpc) is 2.82. The minimum absolute atomic E-state index is 0.0294. The maximum atomic E-state index is 12.7. The summed E-state index contributed by atoms with van der Waals surface area (Å²) in [6.45, 7) is 6.59. The molecular formula is C28H28O3Si. The topological polar surface area (TPSA) is 35.5 Å². The lowest BCUT2D eigenvalue weighted by atomic mass is 9.85. The molecule has 0 atom stereocenters. The zero-order valence-corrected chi connectivity index (χ0v) is 20.1. The van der Waals surface area contributed by atoms with Crippen LogP contribution < -0.4 is 14.8 Å². The first kappa shape index (κ1) is 21.8. The zero-order chi connectivity index (χ0) is 22.7. The lowest BCUT2D eigenvalue weighted by Gasteiger charge is -2.23. The van der Waals surface area contributed by atoms with Gasteiger partial charge in [0.25, 0.3) is 9.04 Å². The minimum Gasteiger partial charge on any atom is -0.536 e. The van der Waals surface area contributed by atoms with E-state index in [0.29, 0.717) is 11.3 Å². The van der Waals surface area contributed by atoms with Crippen LogP contribution in [0.4, 0.5) is 0 Å². The van der Waals surface area contributed by atoms with E-state index in [1.807, 2.05) is 48.5 Å². The van der Waals surface area contributed by atoms with E-state index in [4.69, 9.17) is 9.16 Å². The summed E-state index contributed by atoms with van der Waals surface area (Å²) in [7, 11) is -0.713. The first-order valence-electron chi connectivity index (χ1n) is 10.8. The van der Waals surface area contributed by atoms with Gasteiger partial charge in [0.2, 0.25) is 0 Å². The van der Waals surface area contributed by atoms with Crippen molar-refractivity contribution in [2.75, 3.05) is 7.11 Å². The Morgan fingerprint density at radius 2 is 1.38 bits per heavy atom. The average molecular weight is 441 g/mol. The molecule has 0 fully saturated rings. The van der Waals surface area contributed by atoms with Crippen LogP contribution in [-0.4, -0.2) is 22.1 Å². The van der Waals surface area contributed by atoms with Gasteiger partial charge in [-0.25, -0.2) is 4.79 Å². The normalized spacial score (nSPS) is 11.5. The van der Waals surface area contributed by atoms with Crippen LogP contribution in [-0.2, 0) is 10.2 Å². The van der Waals surface area contributed by atoms with E-state index < -0.39 is 15.0 Å². The number of ether oxygens (including phenoxy) is 1. The predicted octanol–water partition coefficient (Wildman–Crippen LogP) is 4.84. The molecule has 0 N–H and O–H groups in total. The van der Waals surface area contributed by atoms with Gasteiger partial charge < -0.3 is 9.16 Å². The summed E-state index contributed by atoms with van der Waals surface area (Å²) < 4.78 is 11.9. The van der Waals surface area contributed by atoms with Crippen molar-refractivity contribution in [3.8, 4) is 5.75 Å². The van der Waals surface area contributed by atoms with Gasteiger partial charge in [0.05, 0.1) is 7.11 Å². The van der Waals surface area contributed by atoms with E-state index in [-0.39, 0.29) is 5.41 Å². The summed E-state index contributed by atoms with van der Waals surface area (Å²) in [6, 6.07) is 30.7. The molecule has 0 saturated heterocycles. The fourth-order valence-electron chi connectivity index (χ4n) is 3.87. The number of methoxy groups -OCH3 is 1. The van der Waals surface area contributed by atoms with Crippen LogP contribution in [0.1, 0.15) is 36.7 Å².